The molecular weight excluding hydrogens is 356 g/mol. The first-order chi connectivity index (χ1) is 6.25. The maximum Gasteiger partial charge on any atom is 0.166 e. The maximum atomic E-state index is 5.84. The molecule has 0 heterocycles. The molecule has 0 saturated carbocycles. The third kappa shape index (κ3) is 4.14. The smallest absolute Gasteiger partial charge is 0.118 e. The van der Waals surface area contributed by atoms with Crippen LogP contribution < -0.4 is 0 Å². The normalized spacial score (nSPS) is 18.5. The number of hydrogen-bond donors (Lipinski definition) is 0. The van der Waals surface area contributed by atoms with Gasteiger partial charge in [-0.05, 0) is 0 Å². The molecule has 0 N–H and O–H groups in total. The second kappa shape index (κ2) is 6.71. The number of hydrogen-bond acceptors (Lipinski definition) is 0. The van der Waals surface area contributed by atoms with Crippen molar-refractivity contribution < 1.29 is 0 Å². The summed E-state index contributed by atoms with van der Waals surface area (Å²) in [7, 11) is 0. The van der Waals surface area contributed by atoms with Crippen molar-refractivity contribution in [2.45, 2.75) is 19.9 Å². The van der Waals surface area contributed by atoms with Gasteiger partial charge in [-0.25, -0.2) is 0 Å². The van der Waals surface area contributed by atoms with E-state index in [1.54, 1.807) is 0 Å². The van der Waals surface area contributed by atoms with Crippen molar-refractivity contribution in [3.05, 3.63) is 10.6 Å². The molecule has 0 nitrogen and oxygen atoms in total. The number of rotatable bonds is 4. The van der Waals surface area contributed by atoms with Crippen LogP contribution in [-0.2, 0) is 0 Å². The van der Waals surface area contributed by atoms with Crippen LogP contribution in [0.25, 0.3) is 0 Å². The van der Waals surface area contributed by atoms with Crippen molar-refractivity contribution in [1.29, 1.82) is 0 Å². The van der Waals surface area contributed by atoms with E-state index in [0.29, 0.717) is 0 Å². The van der Waals surface area contributed by atoms with Crippen LogP contribution in [0.1, 0.15) is 0 Å². The van der Waals surface area contributed by atoms with Gasteiger partial charge >= 0.3 is 0 Å². The Labute approximate surface area is 122 Å². The maximum absolute atomic E-state index is 5.84. The highest BCUT2D eigenvalue weighted by Crippen LogP contribution is 2.42. The Morgan fingerprint density at radius 1 is 1.07 bits per heavy atom. The average Bonchev–Trinajstić information content (AvgIpc) is 2.13. The Balaban J connectivity index is 4.69. The molecule has 0 amide bonds. The Morgan fingerprint density at radius 2 is 1.50 bits per heavy atom. The highest BCUT2D eigenvalue weighted by Gasteiger charge is 2.44. The van der Waals surface area contributed by atoms with Crippen LogP contribution in [0.3, 0.4) is 0 Å². The van der Waals surface area contributed by atoms with E-state index in [1.165, 1.54) is 0 Å². The first kappa shape index (κ1) is 16.1. The van der Waals surface area contributed by atoms with Gasteiger partial charge < -0.3 is 0 Å². The lowest BCUT2D eigenvalue weighted by Crippen LogP contribution is -2.39. The molecule has 0 rings (SSSR count). The predicted octanol–water partition coefficient (Wildman–Crippen LogP) is 5.50. The molecular formula is C6H4Cl8. The molecule has 0 radical (unpaired) electrons. The molecule has 0 aromatic heterocycles. The van der Waals surface area contributed by atoms with Gasteiger partial charge in [0.15, 0.2) is 4.33 Å². The van der Waals surface area contributed by atoms with Crippen molar-refractivity contribution in [3.8, 4) is 0 Å². The average molecular weight is 360 g/mol. The highest BCUT2D eigenvalue weighted by molar-refractivity contribution is 6.62. The minimum absolute atomic E-state index is 0.105. The van der Waals surface area contributed by atoms with Gasteiger partial charge in [0, 0.05) is 10.6 Å². The van der Waals surface area contributed by atoms with Gasteiger partial charge in [0.2, 0.25) is 0 Å². The molecule has 0 bridgehead atoms. The van der Waals surface area contributed by atoms with Crippen LogP contribution in [0, 0.1) is 0 Å². The molecule has 0 saturated heterocycles. The van der Waals surface area contributed by atoms with E-state index >= 15 is 0 Å². The van der Waals surface area contributed by atoms with Crippen LogP contribution >= 0.6 is 92.8 Å². The van der Waals surface area contributed by atoms with Gasteiger partial charge in [0.05, 0.1) is 10.8 Å². The van der Waals surface area contributed by atoms with E-state index in [0.717, 1.165) is 5.54 Å². The highest BCUT2D eigenvalue weighted by atomic mass is 35.5. The summed E-state index contributed by atoms with van der Waals surface area (Å²) >= 11 is 45.2. The van der Waals surface area contributed by atoms with Gasteiger partial charge in [-0.1, -0.05) is 46.4 Å². The Morgan fingerprint density at radius 3 is 1.79 bits per heavy atom. The molecule has 2 atom stereocenters. The fourth-order valence-electron chi connectivity index (χ4n) is 0.515. The molecule has 14 heavy (non-hydrogen) atoms. The molecule has 8 heteroatoms. The van der Waals surface area contributed by atoms with Crippen molar-refractivity contribution in [2.24, 2.45) is 0 Å². The van der Waals surface area contributed by atoms with E-state index in [2.05, 4.69) is 0 Å². The van der Waals surface area contributed by atoms with Crippen LogP contribution in [0.2, 0.25) is 0 Å². The second-order valence-electron chi connectivity index (χ2n) is 2.27. The van der Waals surface area contributed by atoms with Crippen molar-refractivity contribution >= 4 is 92.8 Å². The summed E-state index contributed by atoms with van der Waals surface area (Å²) in [5.74, 6) is 0. The fraction of sp³-hybridized carbons (Fsp3) is 0.667. The fourth-order valence-corrected chi connectivity index (χ4v) is 2.21. The van der Waals surface area contributed by atoms with Crippen LogP contribution in [0.5, 0.6) is 0 Å². The molecule has 0 aromatic carbocycles. The monoisotopic (exact) mass is 356 g/mol. The third-order valence-electron chi connectivity index (χ3n) is 1.28. The third-order valence-corrected chi connectivity index (χ3v) is 5.56. The van der Waals surface area contributed by atoms with E-state index in [1.807, 2.05) is 0 Å². The van der Waals surface area contributed by atoms with Crippen molar-refractivity contribution in [2.75, 3.05) is 0 Å². The minimum atomic E-state index is -1.61. The van der Waals surface area contributed by atoms with Gasteiger partial charge in [-0.2, -0.15) is 0 Å². The topological polar surface area (TPSA) is 0 Å². The Kier molecular flexibility index (Phi) is 7.70. The predicted molar refractivity (Wildman–Crippen MR) is 69.0 cm³/mol. The summed E-state index contributed by atoms with van der Waals surface area (Å²) in [4.78, 5) is -1.10. The Hall–Kier alpha value is 2.06. The lowest BCUT2D eigenvalue weighted by Gasteiger charge is -2.28. The lowest BCUT2D eigenvalue weighted by atomic mass is 10.2. The zero-order valence-electron chi connectivity index (χ0n) is 6.33. The first-order valence-corrected chi connectivity index (χ1v) is 6.46. The number of alkyl halides is 6. The summed E-state index contributed by atoms with van der Waals surface area (Å²) in [6, 6.07) is 0. The molecule has 0 fully saturated rings. The summed E-state index contributed by atoms with van der Waals surface area (Å²) in [6.45, 7) is 0. The number of allylic oxidation sites excluding steroid dienone is 1. The lowest BCUT2D eigenvalue weighted by molar-refractivity contribution is 0.754. The van der Waals surface area contributed by atoms with Crippen LogP contribution in [0.4, 0.5) is 0 Å². The van der Waals surface area contributed by atoms with E-state index in [9.17, 15) is 0 Å². The SMILES string of the molecule is ClC=C(Cl)C(Cl)C(Cl)C(Cl)(Cl)C(Cl)Cl. The number of halogens is 8. The molecule has 84 valence electrons. The van der Waals surface area contributed by atoms with Gasteiger partial charge in [-0.3, -0.25) is 0 Å². The molecule has 0 aliphatic rings. The van der Waals surface area contributed by atoms with Gasteiger partial charge in [0.25, 0.3) is 0 Å². The molecule has 0 spiro atoms. The van der Waals surface area contributed by atoms with Gasteiger partial charge in [0.1, 0.15) is 4.84 Å². The minimum Gasteiger partial charge on any atom is -0.118 e. The zero-order chi connectivity index (χ0) is 11.5. The summed E-state index contributed by atoms with van der Waals surface area (Å²) < 4.78 is -1.61. The summed E-state index contributed by atoms with van der Waals surface area (Å²) in [5.41, 5.74) is 1.07. The quantitative estimate of drug-likeness (QED) is 0.582. The largest absolute Gasteiger partial charge is 0.166 e. The zero-order valence-corrected chi connectivity index (χ0v) is 12.4. The molecule has 0 aliphatic heterocycles. The van der Waals surface area contributed by atoms with E-state index in [4.69, 9.17) is 92.8 Å². The van der Waals surface area contributed by atoms with Crippen molar-refractivity contribution in [3.63, 3.8) is 0 Å². The Bertz CT molecular complexity index is 210. The van der Waals surface area contributed by atoms with Crippen molar-refractivity contribution in [1.82, 2.24) is 0 Å². The van der Waals surface area contributed by atoms with E-state index in [-0.39, 0.29) is 5.03 Å². The summed E-state index contributed by atoms with van der Waals surface area (Å²) in [6.07, 6.45) is 0. The first-order valence-electron chi connectivity index (χ1n) is 3.15. The molecule has 2 unspecified atom stereocenters. The van der Waals surface area contributed by atoms with E-state index < -0.39 is 19.9 Å². The second-order valence-corrected chi connectivity index (χ2v) is 6.41. The van der Waals surface area contributed by atoms with Crippen LogP contribution in [0.15, 0.2) is 10.6 Å². The molecule has 0 aliphatic carbocycles. The van der Waals surface area contributed by atoms with Gasteiger partial charge in [-0.15, -0.1) is 46.4 Å². The van der Waals surface area contributed by atoms with Crippen LogP contribution in [-0.4, -0.2) is 19.9 Å². The standard InChI is InChI=1S/C6H4Cl8/c7-1-2(8)3(9)4(10)6(13,14)5(11)12/h1,3-5H. The molecule has 0 aromatic rings. The summed E-state index contributed by atoms with van der Waals surface area (Å²) in [5, 5.41) is -1.74.